The van der Waals surface area contributed by atoms with Gasteiger partial charge in [-0.15, -0.1) is 13.2 Å². The number of anilines is 1. The summed E-state index contributed by atoms with van der Waals surface area (Å²) < 4.78 is 44.9. The molecule has 162 valence electrons. The predicted molar refractivity (Wildman–Crippen MR) is 97.8 cm³/mol. The summed E-state index contributed by atoms with van der Waals surface area (Å²) in [4.78, 5) is 23.3. The highest BCUT2D eigenvalue weighted by Crippen LogP contribution is 2.23. The molecule has 1 saturated heterocycles. The van der Waals surface area contributed by atoms with Gasteiger partial charge in [0.1, 0.15) is 12.0 Å². The van der Waals surface area contributed by atoms with Gasteiger partial charge in [0.15, 0.2) is 0 Å². The van der Waals surface area contributed by atoms with Crippen molar-refractivity contribution < 1.29 is 32.2 Å². The van der Waals surface area contributed by atoms with Crippen molar-refractivity contribution in [3.8, 4) is 5.75 Å². The second-order valence-corrected chi connectivity index (χ2v) is 6.41. The molecule has 0 aromatic heterocycles. The van der Waals surface area contributed by atoms with Crippen LogP contribution in [0.5, 0.6) is 5.75 Å². The zero-order chi connectivity index (χ0) is 21.4. The molecule has 1 fully saturated rings. The monoisotopic (exact) mass is 419 g/mol. The van der Waals surface area contributed by atoms with E-state index in [1.807, 2.05) is 6.92 Å². The zero-order valence-electron chi connectivity index (χ0n) is 15.9. The molecule has 1 aromatic rings. The number of carbonyl (C=O) groups excluding carboxylic acids is 2. The molecule has 0 saturated carbocycles. The maximum absolute atomic E-state index is 12.2. The number of rotatable bonds is 7. The van der Waals surface area contributed by atoms with Gasteiger partial charge in [0, 0.05) is 18.3 Å². The molecular formula is C17H24F3N5O4. The topological polar surface area (TPSA) is 113 Å². The van der Waals surface area contributed by atoms with Crippen LogP contribution < -0.4 is 31.3 Å². The van der Waals surface area contributed by atoms with Crippen LogP contribution in [0.3, 0.4) is 0 Å². The van der Waals surface area contributed by atoms with E-state index >= 15 is 0 Å². The number of amides is 2. The van der Waals surface area contributed by atoms with Gasteiger partial charge in [-0.3, -0.25) is 15.4 Å². The van der Waals surface area contributed by atoms with Gasteiger partial charge in [0.25, 0.3) is 0 Å². The molecule has 1 aliphatic heterocycles. The van der Waals surface area contributed by atoms with Gasteiger partial charge in [0.05, 0.1) is 19.7 Å². The molecule has 0 aliphatic carbocycles. The quantitative estimate of drug-likeness (QED) is 0.425. The van der Waals surface area contributed by atoms with E-state index in [2.05, 4.69) is 36.1 Å². The lowest BCUT2D eigenvalue weighted by atomic mass is 10.1. The molecule has 0 spiro atoms. The molecule has 0 bridgehead atoms. The van der Waals surface area contributed by atoms with Crippen molar-refractivity contribution in [1.82, 2.24) is 21.3 Å². The Morgan fingerprint density at radius 1 is 1.21 bits per heavy atom. The van der Waals surface area contributed by atoms with Crippen LogP contribution in [0.1, 0.15) is 19.8 Å². The van der Waals surface area contributed by atoms with Crippen molar-refractivity contribution >= 4 is 17.7 Å². The predicted octanol–water partition coefficient (Wildman–Crippen LogP) is 1.44. The Morgan fingerprint density at radius 3 is 2.52 bits per heavy atom. The molecule has 9 nitrogen and oxygen atoms in total. The van der Waals surface area contributed by atoms with Gasteiger partial charge < -0.3 is 25.4 Å². The summed E-state index contributed by atoms with van der Waals surface area (Å²) in [6, 6.07) is 4.31. The number of hydrogen-bond donors (Lipinski definition) is 5. The molecular weight excluding hydrogens is 395 g/mol. The van der Waals surface area contributed by atoms with Gasteiger partial charge in [-0.25, -0.2) is 4.79 Å². The molecule has 12 heteroatoms. The van der Waals surface area contributed by atoms with Crippen LogP contribution in [0.4, 0.5) is 23.7 Å². The zero-order valence-corrected chi connectivity index (χ0v) is 15.9. The number of nitrogens with one attached hydrogen (secondary N) is 5. The number of halogens is 3. The van der Waals surface area contributed by atoms with E-state index in [4.69, 9.17) is 0 Å². The average molecular weight is 419 g/mol. The first-order chi connectivity index (χ1) is 13.6. The minimum atomic E-state index is -4.78. The Hall–Kier alpha value is -2.57. The van der Waals surface area contributed by atoms with Crippen LogP contribution in [-0.4, -0.2) is 50.5 Å². The first-order valence-electron chi connectivity index (χ1n) is 8.90. The minimum absolute atomic E-state index is 0.0796. The number of hydrogen-bond acceptors (Lipinski definition) is 7. The molecule has 2 amide bonds. The molecule has 3 atom stereocenters. The second kappa shape index (κ2) is 10.3. The number of ether oxygens (including phenoxy) is 2. The molecule has 1 aromatic carbocycles. The van der Waals surface area contributed by atoms with E-state index < -0.39 is 18.7 Å². The maximum atomic E-state index is 12.2. The van der Waals surface area contributed by atoms with Crippen molar-refractivity contribution in [3.63, 3.8) is 0 Å². The fourth-order valence-electron chi connectivity index (χ4n) is 2.74. The Bertz CT molecular complexity index is 687. The smallest absolute Gasteiger partial charge is 0.469 e. The first kappa shape index (κ1) is 22.7. The van der Waals surface area contributed by atoms with Crippen LogP contribution >= 0.6 is 0 Å². The van der Waals surface area contributed by atoms with Crippen molar-refractivity contribution in [1.29, 1.82) is 0 Å². The molecule has 1 heterocycles. The first-order valence-corrected chi connectivity index (χ1v) is 8.90. The van der Waals surface area contributed by atoms with Gasteiger partial charge in [0.2, 0.25) is 0 Å². The van der Waals surface area contributed by atoms with Crippen LogP contribution in [0.25, 0.3) is 0 Å². The van der Waals surface area contributed by atoms with E-state index in [1.54, 1.807) is 0 Å². The summed E-state index contributed by atoms with van der Waals surface area (Å²) in [5.74, 6) is -0.700. The number of esters is 1. The fourth-order valence-corrected chi connectivity index (χ4v) is 2.74. The third kappa shape index (κ3) is 8.54. The fraction of sp³-hybridized carbons (Fsp3) is 0.529. The van der Waals surface area contributed by atoms with E-state index in [9.17, 15) is 22.8 Å². The molecule has 2 rings (SSSR count). The largest absolute Gasteiger partial charge is 0.573 e. The lowest BCUT2D eigenvalue weighted by molar-refractivity contribution is -0.274. The van der Waals surface area contributed by atoms with Crippen LogP contribution in [0, 0.1) is 0 Å². The normalized spacial score (nSPS) is 21.9. The summed E-state index contributed by atoms with van der Waals surface area (Å²) >= 11 is 0. The summed E-state index contributed by atoms with van der Waals surface area (Å²) in [6.07, 6.45) is -4.52. The SMILES string of the molecule is COC(=O)CCNC1CC(C)NC(NC(=O)Nc2ccc(OC(F)(F)F)cc2)N1. The number of carbonyl (C=O) groups is 2. The van der Waals surface area contributed by atoms with Gasteiger partial charge in [-0.05, 0) is 37.6 Å². The molecule has 1 aliphatic rings. The van der Waals surface area contributed by atoms with Gasteiger partial charge >= 0.3 is 18.4 Å². The number of methoxy groups -OCH3 is 1. The summed E-state index contributed by atoms with van der Waals surface area (Å²) in [7, 11) is 1.32. The lowest BCUT2D eigenvalue weighted by Gasteiger charge is -2.36. The maximum Gasteiger partial charge on any atom is 0.573 e. The van der Waals surface area contributed by atoms with Crippen molar-refractivity contribution in [2.45, 2.75) is 44.6 Å². The highest BCUT2D eigenvalue weighted by Gasteiger charge is 2.31. The lowest BCUT2D eigenvalue weighted by Crippen LogP contribution is -2.67. The summed E-state index contributed by atoms with van der Waals surface area (Å²) in [5, 5.41) is 14.7. The molecule has 29 heavy (non-hydrogen) atoms. The summed E-state index contributed by atoms with van der Waals surface area (Å²) in [5.41, 5.74) is 0.300. The van der Waals surface area contributed by atoms with Crippen LogP contribution in [0.2, 0.25) is 0 Å². The van der Waals surface area contributed by atoms with Crippen LogP contribution in [-0.2, 0) is 9.53 Å². The Balaban J connectivity index is 1.80. The van der Waals surface area contributed by atoms with E-state index in [1.165, 1.54) is 19.2 Å². The van der Waals surface area contributed by atoms with Crippen molar-refractivity contribution in [2.75, 3.05) is 19.0 Å². The highest BCUT2D eigenvalue weighted by molar-refractivity contribution is 5.89. The number of urea groups is 1. The van der Waals surface area contributed by atoms with E-state index in [-0.39, 0.29) is 30.3 Å². The van der Waals surface area contributed by atoms with E-state index in [0.29, 0.717) is 12.2 Å². The number of alkyl halides is 3. The Kier molecular flexibility index (Phi) is 8.05. The Morgan fingerprint density at radius 2 is 1.90 bits per heavy atom. The molecule has 0 radical (unpaired) electrons. The number of benzene rings is 1. The van der Waals surface area contributed by atoms with Crippen molar-refractivity contribution in [2.24, 2.45) is 0 Å². The minimum Gasteiger partial charge on any atom is -0.469 e. The van der Waals surface area contributed by atoms with Gasteiger partial charge in [-0.2, -0.15) is 0 Å². The summed E-state index contributed by atoms with van der Waals surface area (Å²) in [6.45, 7) is 2.37. The molecule has 3 unspecified atom stereocenters. The van der Waals surface area contributed by atoms with Crippen molar-refractivity contribution in [3.05, 3.63) is 24.3 Å². The third-order valence-electron chi connectivity index (χ3n) is 3.98. The highest BCUT2D eigenvalue weighted by atomic mass is 19.4. The van der Waals surface area contributed by atoms with Gasteiger partial charge in [-0.1, -0.05) is 0 Å². The van der Waals surface area contributed by atoms with E-state index in [0.717, 1.165) is 18.6 Å². The third-order valence-corrected chi connectivity index (χ3v) is 3.98. The average Bonchev–Trinajstić information content (AvgIpc) is 2.61. The standard InChI is InChI=1S/C17H24F3N5O4/c1-10-9-13(21-8-7-14(26)28-2)24-15(22-10)25-16(27)23-11-3-5-12(6-4-11)29-17(18,19)20/h3-6,10,13,15,21-22,24H,7-9H2,1-2H3,(H2,23,25,27). The van der Waals surface area contributed by atoms with Crippen LogP contribution in [0.15, 0.2) is 24.3 Å². The Labute approximate surface area is 165 Å². The molecule has 5 N–H and O–H groups in total. The second-order valence-electron chi connectivity index (χ2n) is 6.41.